The van der Waals surface area contributed by atoms with Crippen LogP contribution in [-0.4, -0.2) is 28.8 Å². The number of hydrogen-bond donors (Lipinski definition) is 2. The number of aromatic amines is 1. The Balaban J connectivity index is 1.65. The SMILES string of the molecule is CCCc1cc(OCCCC(F)(F)F)ccc1[C@H]1CC(c2ccc(C)cc2)=C(c2noc(=O)[nH]2)C(=O)N1. The summed E-state index contributed by atoms with van der Waals surface area (Å²) in [5.41, 5.74) is 4.69. The molecule has 0 unspecified atom stereocenters. The number of alkyl halides is 3. The predicted octanol–water partition coefficient (Wildman–Crippen LogP) is 5.52. The van der Waals surface area contributed by atoms with E-state index in [0.29, 0.717) is 24.2 Å². The van der Waals surface area contributed by atoms with E-state index in [2.05, 4.69) is 20.0 Å². The maximum absolute atomic E-state index is 13.3. The summed E-state index contributed by atoms with van der Waals surface area (Å²) in [6.45, 7) is 3.95. The number of nitrogens with one attached hydrogen (secondary N) is 2. The molecule has 3 aromatic rings. The number of carbonyl (C=O) groups is 1. The number of aromatic nitrogens is 2. The number of amides is 1. The molecular weight excluding hydrogens is 487 g/mol. The zero-order valence-electron chi connectivity index (χ0n) is 20.6. The van der Waals surface area contributed by atoms with Gasteiger partial charge in [0.05, 0.1) is 18.2 Å². The molecule has 0 aliphatic carbocycles. The molecule has 10 heteroatoms. The number of carbonyl (C=O) groups excluding carboxylic acids is 1. The van der Waals surface area contributed by atoms with Crippen LogP contribution in [0.2, 0.25) is 0 Å². The van der Waals surface area contributed by atoms with Gasteiger partial charge in [0.15, 0.2) is 5.82 Å². The van der Waals surface area contributed by atoms with E-state index in [1.807, 2.05) is 50.2 Å². The number of H-pyrrole nitrogens is 1. The maximum atomic E-state index is 13.3. The van der Waals surface area contributed by atoms with Crippen LogP contribution < -0.4 is 15.8 Å². The minimum atomic E-state index is -4.21. The summed E-state index contributed by atoms with van der Waals surface area (Å²) < 4.78 is 47.5. The van der Waals surface area contributed by atoms with Crippen molar-refractivity contribution in [2.24, 2.45) is 0 Å². The van der Waals surface area contributed by atoms with Gasteiger partial charge < -0.3 is 10.1 Å². The van der Waals surface area contributed by atoms with Crippen LogP contribution in [0, 0.1) is 6.92 Å². The minimum Gasteiger partial charge on any atom is -0.494 e. The lowest BCUT2D eigenvalue weighted by Crippen LogP contribution is -2.35. The molecule has 1 amide bonds. The summed E-state index contributed by atoms with van der Waals surface area (Å²) in [6.07, 6.45) is -3.26. The van der Waals surface area contributed by atoms with Crippen LogP contribution in [0.3, 0.4) is 0 Å². The number of ether oxygens (including phenoxy) is 1. The van der Waals surface area contributed by atoms with Gasteiger partial charge in [0.1, 0.15) is 5.75 Å². The molecule has 2 N–H and O–H groups in total. The van der Waals surface area contributed by atoms with Crippen LogP contribution in [0.4, 0.5) is 13.2 Å². The number of rotatable bonds is 9. The summed E-state index contributed by atoms with van der Waals surface area (Å²) in [5, 5.41) is 6.76. The Kier molecular flexibility index (Phi) is 7.85. The van der Waals surface area contributed by atoms with Gasteiger partial charge in [-0.25, -0.2) is 4.79 Å². The maximum Gasteiger partial charge on any atom is 0.439 e. The molecule has 0 fully saturated rings. The first-order valence-corrected chi connectivity index (χ1v) is 12.1. The largest absolute Gasteiger partial charge is 0.494 e. The fraction of sp³-hybridized carbons (Fsp3) is 0.370. The molecule has 7 nitrogen and oxygen atoms in total. The van der Waals surface area contributed by atoms with E-state index in [0.717, 1.165) is 28.7 Å². The molecule has 37 heavy (non-hydrogen) atoms. The summed E-state index contributed by atoms with van der Waals surface area (Å²) in [4.78, 5) is 27.4. The Labute approximate surface area is 211 Å². The first kappa shape index (κ1) is 26.2. The third-order valence-corrected chi connectivity index (χ3v) is 6.20. The number of benzene rings is 2. The first-order chi connectivity index (χ1) is 17.6. The summed E-state index contributed by atoms with van der Waals surface area (Å²) in [5.74, 6) is -0.595. The third-order valence-electron chi connectivity index (χ3n) is 6.20. The van der Waals surface area contributed by atoms with Crippen molar-refractivity contribution < 1.29 is 27.2 Å². The molecule has 1 aliphatic heterocycles. The molecule has 4 rings (SSSR count). The van der Waals surface area contributed by atoms with Crippen LogP contribution in [0.25, 0.3) is 11.1 Å². The van der Waals surface area contributed by atoms with Crippen molar-refractivity contribution in [1.29, 1.82) is 0 Å². The highest BCUT2D eigenvalue weighted by Gasteiger charge is 2.32. The zero-order valence-corrected chi connectivity index (χ0v) is 20.6. The standard InChI is InChI=1S/C27H28F3N3O4/c1-3-5-18-14-19(36-13-4-12-27(28,29)30)10-11-20(18)22-15-21(17-8-6-16(2)7-9-17)23(25(34)31-22)24-32-26(35)37-33-24/h6-11,14,22H,3-5,12-13,15H2,1-2H3,(H,31,34)(H,32,33,35)/t22-/m1/s1. The van der Waals surface area contributed by atoms with E-state index in [9.17, 15) is 22.8 Å². The summed E-state index contributed by atoms with van der Waals surface area (Å²) in [6, 6.07) is 12.8. The Morgan fingerprint density at radius 3 is 2.54 bits per heavy atom. The fourth-order valence-electron chi connectivity index (χ4n) is 4.48. The second kappa shape index (κ2) is 11.1. The highest BCUT2D eigenvalue weighted by molar-refractivity contribution is 6.27. The highest BCUT2D eigenvalue weighted by atomic mass is 19.4. The number of halogens is 3. The number of nitrogens with zero attached hydrogens (tertiary/aromatic N) is 1. The molecule has 0 radical (unpaired) electrons. The van der Waals surface area contributed by atoms with Gasteiger partial charge in [-0.1, -0.05) is 54.4 Å². The van der Waals surface area contributed by atoms with Crippen molar-refractivity contribution in [2.45, 2.75) is 58.2 Å². The smallest absolute Gasteiger partial charge is 0.439 e. The van der Waals surface area contributed by atoms with Gasteiger partial charge in [-0.15, -0.1) is 0 Å². The topological polar surface area (TPSA) is 97.2 Å². The first-order valence-electron chi connectivity index (χ1n) is 12.1. The van der Waals surface area contributed by atoms with Crippen LogP contribution in [0.15, 0.2) is 51.8 Å². The number of hydrogen-bond acceptors (Lipinski definition) is 5. The van der Waals surface area contributed by atoms with Gasteiger partial charge in [0.25, 0.3) is 5.91 Å². The average molecular weight is 516 g/mol. The van der Waals surface area contributed by atoms with Crippen molar-refractivity contribution in [3.05, 3.63) is 81.1 Å². The normalized spacial score (nSPS) is 16.1. The van der Waals surface area contributed by atoms with Gasteiger partial charge in [-0.2, -0.15) is 13.2 Å². The van der Waals surface area contributed by atoms with Gasteiger partial charge in [-0.05, 0) is 60.6 Å². The van der Waals surface area contributed by atoms with E-state index in [4.69, 9.17) is 4.74 Å². The lowest BCUT2D eigenvalue weighted by atomic mass is 9.84. The molecule has 1 aromatic heterocycles. The van der Waals surface area contributed by atoms with Crippen LogP contribution in [0.5, 0.6) is 5.75 Å². The van der Waals surface area contributed by atoms with Crippen LogP contribution >= 0.6 is 0 Å². The van der Waals surface area contributed by atoms with E-state index >= 15 is 0 Å². The molecule has 1 aliphatic rings. The van der Waals surface area contributed by atoms with Crippen molar-refractivity contribution in [3.63, 3.8) is 0 Å². The minimum absolute atomic E-state index is 0.0375. The molecule has 0 saturated heterocycles. The average Bonchev–Trinajstić information content (AvgIpc) is 3.27. The molecular formula is C27H28F3N3O4. The monoisotopic (exact) mass is 515 g/mol. The van der Waals surface area contributed by atoms with E-state index < -0.39 is 24.3 Å². The molecule has 1 atom stereocenters. The highest BCUT2D eigenvalue weighted by Crippen LogP contribution is 2.39. The zero-order chi connectivity index (χ0) is 26.6. The second-order valence-corrected chi connectivity index (χ2v) is 9.07. The summed E-state index contributed by atoms with van der Waals surface area (Å²) >= 11 is 0. The molecule has 2 aromatic carbocycles. The van der Waals surface area contributed by atoms with Crippen LogP contribution in [0.1, 0.15) is 66.7 Å². The lowest BCUT2D eigenvalue weighted by molar-refractivity contribution is -0.136. The van der Waals surface area contributed by atoms with Gasteiger partial charge in [-0.3, -0.25) is 14.3 Å². The lowest BCUT2D eigenvalue weighted by Gasteiger charge is -2.29. The van der Waals surface area contributed by atoms with Crippen molar-refractivity contribution in [3.8, 4) is 5.75 Å². The molecule has 0 saturated carbocycles. The van der Waals surface area contributed by atoms with Crippen molar-refractivity contribution in [2.75, 3.05) is 6.61 Å². The van der Waals surface area contributed by atoms with Gasteiger partial charge in [0, 0.05) is 6.42 Å². The van der Waals surface area contributed by atoms with Gasteiger partial charge >= 0.3 is 11.9 Å². The van der Waals surface area contributed by atoms with E-state index in [1.54, 1.807) is 6.07 Å². The third kappa shape index (κ3) is 6.49. The van der Waals surface area contributed by atoms with E-state index in [1.165, 1.54) is 0 Å². The molecule has 0 spiro atoms. The van der Waals surface area contributed by atoms with Crippen molar-refractivity contribution >= 4 is 17.1 Å². The predicted molar refractivity (Wildman–Crippen MR) is 132 cm³/mol. The number of aryl methyl sites for hydroxylation is 2. The van der Waals surface area contributed by atoms with Gasteiger partial charge in [0.2, 0.25) is 0 Å². The molecule has 2 heterocycles. The summed E-state index contributed by atoms with van der Waals surface area (Å²) in [7, 11) is 0. The Hall–Kier alpha value is -3.82. The van der Waals surface area contributed by atoms with E-state index in [-0.39, 0.29) is 30.5 Å². The Morgan fingerprint density at radius 1 is 1.14 bits per heavy atom. The van der Waals surface area contributed by atoms with Crippen LogP contribution in [-0.2, 0) is 11.2 Å². The quantitative estimate of drug-likeness (QED) is 0.366. The Bertz CT molecular complexity index is 1340. The fourth-order valence-corrected chi connectivity index (χ4v) is 4.48. The molecule has 0 bridgehead atoms. The Morgan fingerprint density at radius 2 is 1.89 bits per heavy atom. The second-order valence-electron chi connectivity index (χ2n) is 9.07. The molecule has 196 valence electrons. The van der Waals surface area contributed by atoms with Crippen molar-refractivity contribution in [1.82, 2.24) is 15.5 Å².